The molecule has 1 aliphatic carbocycles. The molecule has 2 aliphatic heterocycles. The first-order chi connectivity index (χ1) is 13.8. The van der Waals surface area contributed by atoms with Gasteiger partial charge in [-0.1, -0.05) is 6.07 Å². The highest BCUT2D eigenvalue weighted by molar-refractivity contribution is 5.54. The first-order valence-corrected chi connectivity index (χ1v) is 10.6. The lowest BCUT2D eigenvalue weighted by Gasteiger charge is -2.36. The van der Waals surface area contributed by atoms with Gasteiger partial charge in [-0.15, -0.1) is 0 Å². The number of hydrogen-bond acceptors (Lipinski definition) is 5. The molecule has 3 fully saturated rings. The third-order valence-electron chi connectivity index (χ3n) is 6.29. The van der Waals surface area contributed by atoms with Crippen LogP contribution in [0.3, 0.4) is 0 Å². The van der Waals surface area contributed by atoms with Crippen molar-refractivity contribution in [3.8, 4) is 11.5 Å². The zero-order chi connectivity index (χ0) is 18.9. The summed E-state index contributed by atoms with van der Waals surface area (Å²) >= 11 is 0. The van der Waals surface area contributed by atoms with Crippen LogP contribution >= 0.6 is 0 Å². The topological polar surface area (TPSA) is 60.1 Å². The Morgan fingerprint density at radius 2 is 2.00 bits per heavy atom. The zero-order valence-electron chi connectivity index (χ0n) is 16.3. The van der Waals surface area contributed by atoms with Crippen LogP contribution < -0.4 is 10.2 Å². The highest BCUT2D eigenvalue weighted by Gasteiger charge is 2.31. The minimum Gasteiger partial charge on any atom is -0.355 e. The van der Waals surface area contributed by atoms with E-state index in [2.05, 4.69) is 37.2 Å². The summed E-state index contributed by atoms with van der Waals surface area (Å²) < 4.78 is 14.3. The molecule has 28 heavy (non-hydrogen) atoms. The lowest BCUT2D eigenvalue weighted by Crippen LogP contribution is -2.52. The molecule has 0 amide bonds. The van der Waals surface area contributed by atoms with Crippen LogP contribution in [0.5, 0.6) is 0 Å². The molecule has 2 N–H and O–H groups in total. The molecular formula is C21H29FN6. The molecule has 2 aromatic heterocycles. The molecule has 0 bridgehead atoms. The van der Waals surface area contributed by atoms with Gasteiger partial charge in [0.15, 0.2) is 5.82 Å². The highest BCUT2D eigenvalue weighted by Crippen LogP contribution is 2.39. The van der Waals surface area contributed by atoms with Gasteiger partial charge in [0.1, 0.15) is 17.7 Å². The summed E-state index contributed by atoms with van der Waals surface area (Å²) in [4.78, 5) is 17.6. The molecule has 7 heteroatoms. The molecular weight excluding hydrogens is 355 g/mol. The van der Waals surface area contributed by atoms with Crippen molar-refractivity contribution in [2.45, 2.75) is 43.8 Å². The van der Waals surface area contributed by atoms with Crippen molar-refractivity contribution in [1.82, 2.24) is 25.2 Å². The summed E-state index contributed by atoms with van der Waals surface area (Å²) in [6.07, 6.45) is 5.65. The average molecular weight is 385 g/mol. The molecule has 2 atom stereocenters. The second-order valence-electron chi connectivity index (χ2n) is 8.30. The van der Waals surface area contributed by atoms with Crippen LogP contribution in [-0.4, -0.2) is 71.3 Å². The van der Waals surface area contributed by atoms with Gasteiger partial charge >= 0.3 is 0 Å². The Morgan fingerprint density at radius 3 is 2.86 bits per heavy atom. The molecule has 0 spiro atoms. The molecule has 2 aromatic rings. The minimum absolute atomic E-state index is 0.0597. The van der Waals surface area contributed by atoms with Gasteiger partial charge in [0.2, 0.25) is 0 Å². The van der Waals surface area contributed by atoms with E-state index in [1.54, 1.807) is 0 Å². The normalized spacial score (nSPS) is 27.0. The number of H-pyrrole nitrogens is 1. The van der Waals surface area contributed by atoms with Gasteiger partial charge in [-0.25, -0.2) is 14.4 Å². The van der Waals surface area contributed by atoms with Crippen LogP contribution in [0, 0.1) is 0 Å². The second-order valence-corrected chi connectivity index (χ2v) is 8.30. The number of imidazole rings is 1. The van der Waals surface area contributed by atoms with Gasteiger partial charge in [-0.2, -0.15) is 0 Å². The number of halogens is 1. The Bertz CT molecular complexity index is 804. The van der Waals surface area contributed by atoms with E-state index < -0.39 is 6.17 Å². The van der Waals surface area contributed by atoms with Gasteiger partial charge in [-0.05, 0) is 44.4 Å². The summed E-state index contributed by atoms with van der Waals surface area (Å²) in [5, 5.41) is 3.16. The summed E-state index contributed by atoms with van der Waals surface area (Å²) in [5.41, 5.74) is 2.13. The molecule has 4 heterocycles. The van der Waals surface area contributed by atoms with E-state index in [0.717, 1.165) is 62.9 Å². The number of anilines is 1. The van der Waals surface area contributed by atoms with Gasteiger partial charge in [0.05, 0.1) is 0 Å². The van der Waals surface area contributed by atoms with Crippen molar-refractivity contribution in [2.75, 3.05) is 44.2 Å². The quantitative estimate of drug-likeness (QED) is 0.848. The van der Waals surface area contributed by atoms with Crippen LogP contribution in [0.25, 0.3) is 11.5 Å². The second kappa shape index (κ2) is 7.79. The number of alkyl halides is 1. The van der Waals surface area contributed by atoms with E-state index in [9.17, 15) is 4.39 Å². The summed E-state index contributed by atoms with van der Waals surface area (Å²) in [6.45, 7) is 5.11. The molecule has 2 saturated heterocycles. The van der Waals surface area contributed by atoms with Crippen molar-refractivity contribution in [2.24, 2.45) is 0 Å². The predicted octanol–water partition coefficient (Wildman–Crippen LogP) is 2.56. The van der Waals surface area contributed by atoms with Crippen LogP contribution in [0.1, 0.15) is 37.3 Å². The summed E-state index contributed by atoms with van der Waals surface area (Å²) in [5.74, 6) is 2.51. The molecule has 5 rings (SSSR count). The molecule has 0 radical (unpaired) electrons. The fourth-order valence-corrected chi connectivity index (χ4v) is 4.51. The fraction of sp³-hybridized carbons (Fsp3) is 0.619. The van der Waals surface area contributed by atoms with Gasteiger partial charge in [0, 0.05) is 56.6 Å². The van der Waals surface area contributed by atoms with Gasteiger partial charge < -0.3 is 15.2 Å². The fourth-order valence-electron chi connectivity index (χ4n) is 4.51. The lowest BCUT2D eigenvalue weighted by molar-refractivity contribution is 0.0900. The number of hydrogen-bond donors (Lipinski definition) is 2. The molecule has 3 aliphatic rings. The monoisotopic (exact) mass is 384 g/mol. The van der Waals surface area contributed by atoms with Crippen LogP contribution in [0.15, 0.2) is 24.4 Å². The standard InChI is InChI=1S/C21H29FN6/c22-16-13-23-8-7-19(16)27-9-2-10-28(12-11-27)20-4-1-3-17(25-20)21-24-14-18(26-21)15-5-6-15/h1,3-4,14-16,19,23H,2,5-13H2,(H,24,26). The molecule has 2 unspecified atom stereocenters. The first-order valence-electron chi connectivity index (χ1n) is 10.6. The largest absolute Gasteiger partial charge is 0.355 e. The van der Waals surface area contributed by atoms with Gasteiger partial charge in [-0.3, -0.25) is 4.90 Å². The first kappa shape index (κ1) is 18.1. The van der Waals surface area contributed by atoms with E-state index in [0.29, 0.717) is 12.5 Å². The van der Waals surface area contributed by atoms with Crippen molar-refractivity contribution in [3.63, 3.8) is 0 Å². The third kappa shape index (κ3) is 3.78. The SMILES string of the molecule is FC1CNCCC1N1CCCN(c2cccc(-c3ncc(C4CC4)[nH]3)n2)CC1. The van der Waals surface area contributed by atoms with E-state index in [-0.39, 0.29) is 6.04 Å². The Labute approximate surface area is 165 Å². The number of nitrogens with one attached hydrogen (secondary N) is 2. The average Bonchev–Trinajstić information content (AvgIpc) is 3.51. The van der Waals surface area contributed by atoms with Crippen molar-refractivity contribution >= 4 is 5.82 Å². The number of rotatable bonds is 4. The van der Waals surface area contributed by atoms with E-state index in [4.69, 9.17) is 4.98 Å². The molecule has 150 valence electrons. The zero-order valence-corrected chi connectivity index (χ0v) is 16.3. The minimum atomic E-state index is -0.763. The number of nitrogens with zero attached hydrogens (tertiary/aromatic N) is 4. The van der Waals surface area contributed by atoms with Crippen LogP contribution in [0.2, 0.25) is 0 Å². The molecule has 1 saturated carbocycles. The maximum atomic E-state index is 14.3. The maximum absolute atomic E-state index is 14.3. The van der Waals surface area contributed by atoms with Crippen molar-refractivity contribution in [1.29, 1.82) is 0 Å². The summed E-state index contributed by atoms with van der Waals surface area (Å²) in [7, 11) is 0. The van der Waals surface area contributed by atoms with Gasteiger partial charge in [0.25, 0.3) is 0 Å². The Kier molecular flexibility index (Phi) is 5.03. The Balaban J connectivity index is 1.28. The lowest BCUT2D eigenvalue weighted by atomic mass is 10.0. The van der Waals surface area contributed by atoms with Crippen molar-refractivity contribution < 1.29 is 4.39 Å². The number of aromatic amines is 1. The summed E-state index contributed by atoms with van der Waals surface area (Å²) in [6, 6.07) is 6.21. The van der Waals surface area contributed by atoms with Crippen LogP contribution in [0.4, 0.5) is 10.2 Å². The van der Waals surface area contributed by atoms with Crippen LogP contribution in [-0.2, 0) is 0 Å². The van der Waals surface area contributed by atoms with E-state index in [1.165, 1.54) is 18.5 Å². The molecule has 0 aromatic carbocycles. The smallest absolute Gasteiger partial charge is 0.156 e. The predicted molar refractivity (Wildman–Crippen MR) is 108 cm³/mol. The number of piperidine rings is 1. The third-order valence-corrected chi connectivity index (χ3v) is 6.29. The Morgan fingerprint density at radius 1 is 1.07 bits per heavy atom. The maximum Gasteiger partial charge on any atom is 0.156 e. The number of pyridine rings is 1. The van der Waals surface area contributed by atoms with E-state index in [1.807, 2.05) is 12.3 Å². The molecule has 6 nitrogen and oxygen atoms in total. The Hall–Kier alpha value is -1.99. The van der Waals surface area contributed by atoms with Crippen molar-refractivity contribution in [3.05, 3.63) is 30.1 Å². The highest BCUT2D eigenvalue weighted by atomic mass is 19.1. The number of aromatic nitrogens is 3. The van der Waals surface area contributed by atoms with E-state index >= 15 is 0 Å².